The molecule has 126 valence electrons. The Morgan fingerprint density at radius 1 is 1.20 bits per heavy atom. The van der Waals surface area contributed by atoms with Gasteiger partial charge in [0.25, 0.3) is 11.8 Å². The molecule has 0 spiro atoms. The summed E-state index contributed by atoms with van der Waals surface area (Å²) in [7, 11) is 0. The zero-order valence-electron chi connectivity index (χ0n) is 12.6. The summed E-state index contributed by atoms with van der Waals surface area (Å²) < 4.78 is 0.203. The number of carbonyl (C=O) groups is 2. The number of hydrogen-bond donors (Lipinski definition) is 2. The molecule has 25 heavy (non-hydrogen) atoms. The van der Waals surface area contributed by atoms with Gasteiger partial charge in [-0.2, -0.15) is 5.01 Å². The van der Waals surface area contributed by atoms with Gasteiger partial charge >= 0.3 is 0 Å². The van der Waals surface area contributed by atoms with E-state index < -0.39 is 11.8 Å². The lowest BCUT2D eigenvalue weighted by atomic mass is 10.2. The molecule has 1 fully saturated rings. The summed E-state index contributed by atoms with van der Waals surface area (Å²) in [6, 6.07) is 12.9. The number of halogens is 1. The number of phenolic OH excluding ortho intramolecular Hbond substituents is 1. The van der Waals surface area contributed by atoms with Gasteiger partial charge in [0, 0.05) is 16.1 Å². The quantitative estimate of drug-likeness (QED) is 0.619. The van der Waals surface area contributed by atoms with E-state index in [-0.39, 0.29) is 10.1 Å². The fourth-order valence-electron chi connectivity index (χ4n) is 2.08. The standard InChI is InChI=1S/C17H11ClN2O3S2/c18-12-7-5-10(6-8-12)15(22)19-20-16(23)14(25-17(20)24)9-11-3-1-2-4-13(11)21/h1-9,21H,(H,19,22). The van der Waals surface area contributed by atoms with Gasteiger partial charge in [0.15, 0.2) is 4.32 Å². The largest absolute Gasteiger partial charge is 0.507 e. The third-order valence-corrected chi connectivity index (χ3v) is 4.89. The van der Waals surface area contributed by atoms with Crippen LogP contribution in [0.3, 0.4) is 0 Å². The molecule has 1 heterocycles. The number of benzene rings is 2. The summed E-state index contributed by atoms with van der Waals surface area (Å²) >= 11 is 12.0. The van der Waals surface area contributed by atoms with Crippen LogP contribution in [-0.4, -0.2) is 26.3 Å². The van der Waals surface area contributed by atoms with Crippen molar-refractivity contribution < 1.29 is 14.7 Å². The topological polar surface area (TPSA) is 69.6 Å². The van der Waals surface area contributed by atoms with E-state index in [1.54, 1.807) is 42.5 Å². The van der Waals surface area contributed by atoms with Gasteiger partial charge in [0.05, 0.1) is 4.91 Å². The van der Waals surface area contributed by atoms with Crippen LogP contribution in [0, 0.1) is 0 Å². The lowest BCUT2D eigenvalue weighted by Crippen LogP contribution is -2.44. The van der Waals surface area contributed by atoms with Crippen molar-refractivity contribution in [3.63, 3.8) is 0 Å². The Kier molecular flexibility index (Phi) is 5.08. The molecule has 2 aromatic rings. The first-order chi connectivity index (χ1) is 12.0. The van der Waals surface area contributed by atoms with Crippen LogP contribution in [0.25, 0.3) is 6.08 Å². The zero-order valence-corrected chi connectivity index (χ0v) is 15.0. The van der Waals surface area contributed by atoms with Crippen molar-refractivity contribution in [2.24, 2.45) is 0 Å². The van der Waals surface area contributed by atoms with Gasteiger partial charge in [-0.3, -0.25) is 15.0 Å². The summed E-state index contributed by atoms with van der Waals surface area (Å²) in [4.78, 5) is 25.0. The Balaban J connectivity index is 1.79. The maximum absolute atomic E-state index is 12.5. The number of nitrogens with one attached hydrogen (secondary N) is 1. The molecule has 0 radical (unpaired) electrons. The first kappa shape index (κ1) is 17.5. The highest BCUT2D eigenvalue weighted by atomic mass is 35.5. The molecule has 8 heteroatoms. The van der Waals surface area contributed by atoms with Gasteiger partial charge in [-0.05, 0) is 48.6 Å². The summed E-state index contributed by atoms with van der Waals surface area (Å²) in [5.74, 6) is -0.879. The number of amides is 2. The van der Waals surface area contributed by atoms with Gasteiger partial charge in [-0.25, -0.2) is 0 Å². The summed E-state index contributed by atoms with van der Waals surface area (Å²) in [5, 5.41) is 11.3. The van der Waals surface area contributed by atoms with E-state index in [4.69, 9.17) is 23.8 Å². The van der Waals surface area contributed by atoms with Crippen LogP contribution < -0.4 is 5.43 Å². The van der Waals surface area contributed by atoms with Crippen molar-refractivity contribution in [1.29, 1.82) is 0 Å². The van der Waals surface area contributed by atoms with E-state index in [1.165, 1.54) is 12.1 Å². The van der Waals surface area contributed by atoms with Crippen LogP contribution in [0.5, 0.6) is 5.75 Å². The Hall–Kier alpha value is -2.35. The Morgan fingerprint density at radius 2 is 1.88 bits per heavy atom. The van der Waals surface area contributed by atoms with Gasteiger partial charge in [-0.1, -0.05) is 41.6 Å². The first-order valence-corrected chi connectivity index (χ1v) is 8.68. The van der Waals surface area contributed by atoms with Crippen LogP contribution in [0.2, 0.25) is 5.02 Å². The number of thioether (sulfide) groups is 1. The number of aromatic hydroxyl groups is 1. The fourth-order valence-corrected chi connectivity index (χ4v) is 3.38. The Morgan fingerprint density at radius 3 is 2.56 bits per heavy atom. The Bertz CT molecular complexity index is 897. The van der Waals surface area contributed by atoms with Crippen LogP contribution >= 0.6 is 35.6 Å². The minimum absolute atomic E-state index is 0.0537. The van der Waals surface area contributed by atoms with E-state index in [2.05, 4.69) is 5.43 Å². The maximum Gasteiger partial charge on any atom is 0.285 e. The molecule has 2 aromatic carbocycles. The number of thiocarbonyl (C=S) groups is 1. The van der Waals surface area contributed by atoms with Crippen molar-refractivity contribution in [3.8, 4) is 5.75 Å². The highest BCUT2D eigenvalue weighted by molar-refractivity contribution is 8.26. The van der Waals surface area contributed by atoms with Gasteiger partial charge in [0.2, 0.25) is 0 Å². The summed E-state index contributed by atoms with van der Waals surface area (Å²) in [5.41, 5.74) is 3.32. The van der Waals surface area contributed by atoms with Gasteiger partial charge < -0.3 is 5.11 Å². The molecule has 2 amide bonds. The molecule has 5 nitrogen and oxygen atoms in total. The number of phenols is 1. The number of carbonyl (C=O) groups excluding carboxylic acids is 2. The average molecular weight is 391 g/mol. The van der Waals surface area contributed by atoms with Crippen molar-refractivity contribution >= 4 is 57.8 Å². The van der Waals surface area contributed by atoms with Crippen molar-refractivity contribution in [2.45, 2.75) is 0 Å². The monoisotopic (exact) mass is 390 g/mol. The molecule has 3 rings (SSSR count). The number of para-hydroxylation sites is 1. The van der Waals surface area contributed by atoms with E-state index in [1.807, 2.05) is 0 Å². The molecule has 0 bridgehead atoms. The molecule has 0 saturated carbocycles. The first-order valence-electron chi connectivity index (χ1n) is 7.08. The lowest BCUT2D eigenvalue weighted by Gasteiger charge is -2.15. The summed E-state index contributed by atoms with van der Waals surface area (Å²) in [6.45, 7) is 0. The molecule has 1 aliphatic rings. The van der Waals surface area contributed by atoms with Crippen molar-refractivity contribution in [2.75, 3.05) is 0 Å². The lowest BCUT2D eigenvalue weighted by molar-refractivity contribution is -0.123. The molecular formula is C17H11ClN2O3S2. The fraction of sp³-hybridized carbons (Fsp3) is 0. The molecule has 0 atom stereocenters. The zero-order chi connectivity index (χ0) is 18.0. The van der Waals surface area contributed by atoms with Crippen LogP contribution in [0.15, 0.2) is 53.4 Å². The number of rotatable bonds is 3. The molecule has 1 saturated heterocycles. The maximum atomic E-state index is 12.5. The molecule has 0 unspecified atom stereocenters. The predicted octanol–water partition coefficient (Wildman–Crippen LogP) is 3.59. The van der Waals surface area contributed by atoms with Crippen LogP contribution in [0.4, 0.5) is 0 Å². The number of hydrazine groups is 1. The number of nitrogens with zero attached hydrogens (tertiary/aromatic N) is 1. The minimum atomic E-state index is -0.475. The average Bonchev–Trinajstić information content (AvgIpc) is 2.85. The third-order valence-electron chi connectivity index (χ3n) is 3.34. The highest BCUT2D eigenvalue weighted by Crippen LogP contribution is 2.33. The number of hydrogen-bond acceptors (Lipinski definition) is 5. The van der Waals surface area contributed by atoms with Gasteiger partial charge in [0.1, 0.15) is 5.75 Å². The van der Waals surface area contributed by atoms with Crippen LogP contribution in [0.1, 0.15) is 15.9 Å². The molecular weight excluding hydrogens is 380 g/mol. The highest BCUT2D eigenvalue weighted by Gasteiger charge is 2.33. The van der Waals surface area contributed by atoms with E-state index in [0.717, 1.165) is 16.8 Å². The van der Waals surface area contributed by atoms with E-state index >= 15 is 0 Å². The SMILES string of the molecule is O=C(NN1C(=O)C(=Cc2ccccc2O)SC1=S)c1ccc(Cl)cc1. The van der Waals surface area contributed by atoms with E-state index in [9.17, 15) is 14.7 Å². The minimum Gasteiger partial charge on any atom is -0.507 e. The second-order valence-electron chi connectivity index (χ2n) is 5.02. The summed E-state index contributed by atoms with van der Waals surface area (Å²) in [6.07, 6.45) is 1.53. The molecule has 0 aliphatic carbocycles. The van der Waals surface area contributed by atoms with Crippen LogP contribution in [-0.2, 0) is 4.79 Å². The third kappa shape index (κ3) is 3.84. The van der Waals surface area contributed by atoms with Gasteiger partial charge in [-0.15, -0.1) is 0 Å². The predicted molar refractivity (Wildman–Crippen MR) is 102 cm³/mol. The smallest absolute Gasteiger partial charge is 0.285 e. The molecule has 1 aliphatic heterocycles. The Labute approximate surface area is 158 Å². The second kappa shape index (κ2) is 7.26. The second-order valence-corrected chi connectivity index (χ2v) is 7.14. The van der Waals surface area contributed by atoms with E-state index in [0.29, 0.717) is 21.1 Å². The normalized spacial score (nSPS) is 15.7. The van der Waals surface area contributed by atoms with Crippen molar-refractivity contribution in [3.05, 3.63) is 69.6 Å². The molecule has 0 aromatic heterocycles. The molecule has 2 N–H and O–H groups in total. The van der Waals surface area contributed by atoms with Crippen molar-refractivity contribution in [1.82, 2.24) is 10.4 Å².